The molecule has 1 aromatic rings. The molecule has 1 unspecified atom stereocenters. The number of nitrogens with one attached hydrogen (secondary N) is 1. The van der Waals surface area contributed by atoms with Gasteiger partial charge in [-0.1, -0.05) is 6.07 Å². The average Bonchev–Trinajstić information content (AvgIpc) is 2.10. The molecule has 1 fully saturated rings. The van der Waals surface area contributed by atoms with Crippen LogP contribution in [0.5, 0.6) is 0 Å². The van der Waals surface area contributed by atoms with Crippen molar-refractivity contribution in [2.24, 2.45) is 5.92 Å². The second-order valence-electron chi connectivity index (χ2n) is 3.95. The lowest BCUT2D eigenvalue weighted by Gasteiger charge is -2.33. The SMILES string of the molecule is CS(=O)(=O)C(c1cccnc1)C1CNC1. The summed E-state index contributed by atoms with van der Waals surface area (Å²) in [5, 5.41) is 2.69. The van der Waals surface area contributed by atoms with Gasteiger partial charge in [-0.3, -0.25) is 4.98 Å². The lowest BCUT2D eigenvalue weighted by Crippen LogP contribution is -2.47. The van der Waals surface area contributed by atoms with Crippen LogP contribution in [0.2, 0.25) is 0 Å². The van der Waals surface area contributed by atoms with Crippen LogP contribution in [0.15, 0.2) is 24.5 Å². The molecule has 0 bridgehead atoms. The molecule has 15 heavy (non-hydrogen) atoms. The van der Waals surface area contributed by atoms with E-state index in [1.165, 1.54) is 6.26 Å². The van der Waals surface area contributed by atoms with E-state index < -0.39 is 15.1 Å². The number of nitrogens with zero attached hydrogens (tertiary/aromatic N) is 1. The fourth-order valence-electron chi connectivity index (χ4n) is 1.94. The standard InChI is InChI=1S/C10H14N2O2S/c1-15(13,14)10(9-6-12-7-9)8-3-2-4-11-5-8/h2-5,9-10,12H,6-7H2,1H3. The summed E-state index contributed by atoms with van der Waals surface area (Å²) >= 11 is 0. The van der Waals surface area contributed by atoms with E-state index in [0.29, 0.717) is 0 Å². The topological polar surface area (TPSA) is 59.1 Å². The minimum atomic E-state index is -3.06. The molecule has 0 saturated carbocycles. The van der Waals surface area contributed by atoms with E-state index in [1.54, 1.807) is 18.5 Å². The highest BCUT2D eigenvalue weighted by Gasteiger charge is 2.35. The van der Waals surface area contributed by atoms with Crippen molar-refractivity contribution in [2.45, 2.75) is 5.25 Å². The van der Waals surface area contributed by atoms with Crippen LogP contribution in [0, 0.1) is 5.92 Å². The van der Waals surface area contributed by atoms with E-state index in [2.05, 4.69) is 10.3 Å². The highest BCUT2D eigenvalue weighted by Crippen LogP contribution is 2.31. The van der Waals surface area contributed by atoms with E-state index >= 15 is 0 Å². The summed E-state index contributed by atoms with van der Waals surface area (Å²) in [6.07, 6.45) is 4.59. The zero-order chi connectivity index (χ0) is 10.9. The van der Waals surface area contributed by atoms with Crippen molar-refractivity contribution in [2.75, 3.05) is 19.3 Å². The molecule has 1 aliphatic rings. The van der Waals surface area contributed by atoms with E-state index in [1.807, 2.05) is 6.07 Å². The minimum Gasteiger partial charge on any atom is -0.316 e. The van der Waals surface area contributed by atoms with Gasteiger partial charge in [0.25, 0.3) is 0 Å². The van der Waals surface area contributed by atoms with E-state index in [9.17, 15) is 8.42 Å². The van der Waals surface area contributed by atoms with Crippen LogP contribution < -0.4 is 5.32 Å². The van der Waals surface area contributed by atoms with Crippen molar-refractivity contribution in [3.05, 3.63) is 30.1 Å². The molecule has 4 nitrogen and oxygen atoms in total. The molecule has 0 radical (unpaired) electrons. The molecule has 1 aliphatic heterocycles. The van der Waals surface area contributed by atoms with Crippen LogP contribution in [0.25, 0.3) is 0 Å². The second-order valence-corrected chi connectivity index (χ2v) is 6.12. The third kappa shape index (κ3) is 2.18. The van der Waals surface area contributed by atoms with Crippen molar-refractivity contribution in [1.29, 1.82) is 0 Å². The van der Waals surface area contributed by atoms with Gasteiger partial charge in [-0.25, -0.2) is 8.42 Å². The summed E-state index contributed by atoms with van der Waals surface area (Å²) in [4.78, 5) is 3.98. The van der Waals surface area contributed by atoms with Gasteiger partial charge in [-0.05, 0) is 11.6 Å². The molecule has 1 N–H and O–H groups in total. The van der Waals surface area contributed by atoms with Crippen molar-refractivity contribution in [3.8, 4) is 0 Å². The predicted molar refractivity (Wildman–Crippen MR) is 58.2 cm³/mol. The van der Waals surface area contributed by atoms with Gasteiger partial charge >= 0.3 is 0 Å². The van der Waals surface area contributed by atoms with Gasteiger partial charge in [0.1, 0.15) is 0 Å². The summed E-state index contributed by atoms with van der Waals surface area (Å²) in [5.41, 5.74) is 0.798. The number of hydrogen-bond donors (Lipinski definition) is 1. The molecular weight excluding hydrogens is 212 g/mol. The quantitative estimate of drug-likeness (QED) is 0.810. The Morgan fingerprint density at radius 2 is 2.27 bits per heavy atom. The Hall–Kier alpha value is -0.940. The first-order chi connectivity index (χ1) is 7.09. The third-order valence-electron chi connectivity index (χ3n) is 2.72. The van der Waals surface area contributed by atoms with E-state index in [4.69, 9.17) is 0 Å². The van der Waals surface area contributed by atoms with Crippen molar-refractivity contribution < 1.29 is 8.42 Å². The highest BCUT2D eigenvalue weighted by atomic mass is 32.2. The maximum Gasteiger partial charge on any atom is 0.154 e. The molecule has 0 aliphatic carbocycles. The van der Waals surface area contributed by atoms with Gasteiger partial charge in [-0.15, -0.1) is 0 Å². The fraction of sp³-hybridized carbons (Fsp3) is 0.500. The third-order valence-corrected chi connectivity index (χ3v) is 4.30. The Kier molecular flexibility index (Phi) is 2.75. The Labute approximate surface area is 89.6 Å². The minimum absolute atomic E-state index is 0.184. The molecule has 82 valence electrons. The van der Waals surface area contributed by atoms with Crippen molar-refractivity contribution in [1.82, 2.24) is 10.3 Å². The summed E-state index contributed by atoms with van der Waals surface area (Å²) in [5.74, 6) is 0.184. The summed E-state index contributed by atoms with van der Waals surface area (Å²) in [6, 6.07) is 3.61. The lowest BCUT2D eigenvalue weighted by atomic mass is 9.94. The Morgan fingerprint density at radius 1 is 1.53 bits per heavy atom. The average molecular weight is 226 g/mol. The zero-order valence-corrected chi connectivity index (χ0v) is 9.37. The molecule has 0 spiro atoms. The molecule has 1 atom stereocenters. The van der Waals surface area contributed by atoms with Crippen molar-refractivity contribution in [3.63, 3.8) is 0 Å². The molecule has 2 heterocycles. The van der Waals surface area contributed by atoms with Crippen LogP contribution in [-0.4, -0.2) is 32.7 Å². The first-order valence-electron chi connectivity index (χ1n) is 4.88. The lowest BCUT2D eigenvalue weighted by molar-refractivity contribution is 0.332. The van der Waals surface area contributed by atoms with Gasteiger partial charge in [-0.2, -0.15) is 0 Å². The van der Waals surface area contributed by atoms with Crippen LogP contribution in [0.1, 0.15) is 10.8 Å². The van der Waals surface area contributed by atoms with Gasteiger partial charge in [0, 0.05) is 37.7 Å². The summed E-state index contributed by atoms with van der Waals surface area (Å²) in [7, 11) is -3.06. The molecular formula is C10H14N2O2S. The number of rotatable bonds is 3. The number of sulfone groups is 1. The van der Waals surface area contributed by atoms with Gasteiger partial charge in [0.15, 0.2) is 9.84 Å². The fourth-order valence-corrected chi connectivity index (χ4v) is 3.46. The summed E-state index contributed by atoms with van der Waals surface area (Å²) < 4.78 is 23.4. The second kappa shape index (κ2) is 3.90. The smallest absolute Gasteiger partial charge is 0.154 e. The number of pyridine rings is 1. The van der Waals surface area contributed by atoms with Crippen LogP contribution in [-0.2, 0) is 9.84 Å². The first kappa shape index (κ1) is 10.6. The van der Waals surface area contributed by atoms with Gasteiger partial charge < -0.3 is 5.32 Å². The van der Waals surface area contributed by atoms with E-state index in [0.717, 1.165) is 18.7 Å². The van der Waals surface area contributed by atoms with Gasteiger partial charge in [0.2, 0.25) is 0 Å². The molecule has 0 amide bonds. The maximum atomic E-state index is 11.7. The van der Waals surface area contributed by atoms with E-state index in [-0.39, 0.29) is 5.92 Å². The molecule has 5 heteroatoms. The maximum absolute atomic E-state index is 11.7. The highest BCUT2D eigenvalue weighted by molar-refractivity contribution is 7.90. The largest absolute Gasteiger partial charge is 0.316 e. The Morgan fingerprint density at radius 3 is 2.67 bits per heavy atom. The molecule has 2 rings (SSSR count). The molecule has 1 saturated heterocycles. The Balaban J connectivity index is 2.35. The first-order valence-corrected chi connectivity index (χ1v) is 6.84. The molecule has 0 aromatic carbocycles. The van der Waals surface area contributed by atoms with Crippen LogP contribution in [0.4, 0.5) is 0 Å². The van der Waals surface area contributed by atoms with Gasteiger partial charge in [0.05, 0.1) is 5.25 Å². The Bertz CT molecular complexity index is 426. The summed E-state index contributed by atoms with van der Waals surface area (Å²) in [6.45, 7) is 1.54. The number of hydrogen-bond acceptors (Lipinski definition) is 4. The zero-order valence-electron chi connectivity index (χ0n) is 8.55. The monoisotopic (exact) mass is 226 g/mol. The van der Waals surface area contributed by atoms with Crippen LogP contribution >= 0.6 is 0 Å². The molecule has 1 aromatic heterocycles. The number of aromatic nitrogens is 1. The predicted octanol–water partition coefficient (Wildman–Crippen LogP) is 0.387. The van der Waals surface area contributed by atoms with Crippen molar-refractivity contribution >= 4 is 9.84 Å². The van der Waals surface area contributed by atoms with Crippen LogP contribution in [0.3, 0.4) is 0 Å². The normalized spacial score (nSPS) is 19.5.